The number of hydrogen-bond donors (Lipinski definition) is 1. The molecule has 1 amide bonds. The van der Waals surface area contributed by atoms with Crippen molar-refractivity contribution in [3.05, 3.63) is 23.8 Å². The van der Waals surface area contributed by atoms with Crippen molar-refractivity contribution in [3.63, 3.8) is 0 Å². The van der Waals surface area contributed by atoms with Crippen LogP contribution in [0.25, 0.3) is 0 Å². The Morgan fingerprint density at radius 2 is 2.15 bits per heavy atom. The van der Waals surface area contributed by atoms with E-state index in [0.29, 0.717) is 36.5 Å². The van der Waals surface area contributed by atoms with E-state index in [9.17, 15) is 9.59 Å². The van der Waals surface area contributed by atoms with E-state index in [4.69, 9.17) is 14.2 Å². The lowest BCUT2D eigenvalue weighted by Crippen LogP contribution is -2.30. The molecule has 0 aromatic heterocycles. The Balaban J connectivity index is 2.44. The van der Waals surface area contributed by atoms with Crippen molar-refractivity contribution in [1.29, 1.82) is 0 Å². The molecule has 1 aromatic carbocycles. The quantitative estimate of drug-likeness (QED) is 0.541. The summed E-state index contributed by atoms with van der Waals surface area (Å²) in [4.78, 5) is 22.4. The van der Waals surface area contributed by atoms with Crippen molar-refractivity contribution in [2.45, 2.75) is 6.42 Å². The van der Waals surface area contributed by atoms with Crippen LogP contribution in [0.1, 0.15) is 16.8 Å². The van der Waals surface area contributed by atoms with Crippen LogP contribution in [-0.4, -0.2) is 46.2 Å². The van der Waals surface area contributed by atoms with Crippen LogP contribution in [-0.2, 0) is 9.53 Å². The summed E-state index contributed by atoms with van der Waals surface area (Å²) >= 11 is 0. The fraction of sp³-hybridized carbons (Fsp3) is 0.429. The summed E-state index contributed by atoms with van der Waals surface area (Å²) < 4.78 is 15.2. The van der Waals surface area contributed by atoms with Crippen LogP contribution < -0.4 is 14.8 Å². The number of aldehydes is 1. The zero-order valence-corrected chi connectivity index (χ0v) is 11.7. The second kappa shape index (κ2) is 8.92. The third-order valence-corrected chi connectivity index (χ3v) is 2.55. The third-order valence-electron chi connectivity index (χ3n) is 2.55. The normalized spacial score (nSPS) is 9.90. The largest absolute Gasteiger partial charge is 0.497 e. The summed E-state index contributed by atoms with van der Waals surface area (Å²) in [6.45, 7) is 0.980. The predicted molar refractivity (Wildman–Crippen MR) is 73.4 cm³/mol. The monoisotopic (exact) mass is 281 g/mol. The number of hydrogen-bond acceptors (Lipinski definition) is 5. The van der Waals surface area contributed by atoms with Crippen molar-refractivity contribution in [2.75, 3.05) is 34.0 Å². The first-order valence-corrected chi connectivity index (χ1v) is 6.23. The lowest BCUT2D eigenvalue weighted by Gasteiger charge is -2.10. The van der Waals surface area contributed by atoms with Gasteiger partial charge in [0, 0.05) is 20.3 Å². The molecule has 6 nitrogen and oxygen atoms in total. The molecule has 0 fully saturated rings. The summed E-state index contributed by atoms with van der Waals surface area (Å²) in [5.74, 6) is 0.671. The minimum absolute atomic E-state index is 0.139. The second-order valence-corrected chi connectivity index (χ2v) is 4.01. The topological polar surface area (TPSA) is 73.9 Å². The average Bonchev–Trinajstić information content (AvgIpc) is 2.49. The summed E-state index contributed by atoms with van der Waals surface area (Å²) in [6, 6.07) is 4.82. The maximum Gasteiger partial charge on any atom is 0.257 e. The fourth-order valence-electron chi connectivity index (χ4n) is 1.52. The molecule has 0 spiro atoms. The lowest BCUT2D eigenvalue weighted by molar-refractivity contribution is -0.123. The molecule has 1 aromatic rings. The van der Waals surface area contributed by atoms with Crippen molar-refractivity contribution < 1.29 is 23.8 Å². The molecule has 0 unspecified atom stereocenters. The second-order valence-electron chi connectivity index (χ2n) is 4.01. The van der Waals surface area contributed by atoms with Gasteiger partial charge in [-0.1, -0.05) is 0 Å². The van der Waals surface area contributed by atoms with Gasteiger partial charge in [0.1, 0.15) is 11.5 Å². The Morgan fingerprint density at radius 3 is 2.80 bits per heavy atom. The van der Waals surface area contributed by atoms with Crippen molar-refractivity contribution in [2.24, 2.45) is 0 Å². The summed E-state index contributed by atoms with van der Waals surface area (Å²) in [6.07, 6.45) is 1.40. The molecule has 1 rings (SSSR count). The number of rotatable bonds is 9. The van der Waals surface area contributed by atoms with Crippen LogP contribution >= 0.6 is 0 Å². The lowest BCUT2D eigenvalue weighted by atomic mass is 10.2. The number of benzene rings is 1. The molecule has 0 saturated carbocycles. The van der Waals surface area contributed by atoms with E-state index in [1.54, 1.807) is 25.3 Å². The van der Waals surface area contributed by atoms with Gasteiger partial charge in [0.2, 0.25) is 0 Å². The molecular weight excluding hydrogens is 262 g/mol. The zero-order chi connectivity index (χ0) is 14.8. The van der Waals surface area contributed by atoms with E-state index in [1.807, 2.05) is 0 Å². The first-order valence-electron chi connectivity index (χ1n) is 6.23. The van der Waals surface area contributed by atoms with Crippen LogP contribution in [0.5, 0.6) is 11.5 Å². The molecule has 0 radical (unpaired) electrons. The summed E-state index contributed by atoms with van der Waals surface area (Å²) in [5.41, 5.74) is 0.344. The highest BCUT2D eigenvalue weighted by Crippen LogP contribution is 2.22. The van der Waals surface area contributed by atoms with E-state index >= 15 is 0 Å². The maximum atomic E-state index is 11.5. The van der Waals surface area contributed by atoms with Gasteiger partial charge < -0.3 is 19.5 Å². The van der Waals surface area contributed by atoms with Crippen LogP contribution in [0.2, 0.25) is 0 Å². The van der Waals surface area contributed by atoms with Gasteiger partial charge in [0.25, 0.3) is 5.91 Å². The van der Waals surface area contributed by atoms with Gasteiger partial charge in [0.05, 0.1) is 12.7 Å². The van der Waals surface area contributed by atoms with E-state index in [2.05, 4.69) is 5.32 Å². The van der Waals surface area contributed by atoms with Crippen molar-refractivity contribution in [1.82, 2.24) is 5.32 Å². The van der Waals surface area contributed by atoms with E-state index in [-0.39, 0.29) is 12.5 Å². The standard InChI is InChI=1S/C14H19NO5/c1-18-7-3-6-15-14(17)10-20-13-5-4-12(19-2)8-11(13)9-16/h4-5,8-9H,3,6-7,10H2,1-2H3,(H,15,17). The van der Waals surface area contributed by atoms with E-state index in [1.165, 1.54) is 7.11 Å². The Hall–Kier alpha value is -2.08. The van der Waals surface area contributed by atoms with Crippen LogP contribution in [0.15, 0.2) is 18.2 Å². The molecule has 0 heterocycles. The van der Waals surface area contributed by atoms with Gasteiger partial charge in [-0.2, -0.15) is 0 Å². The van der Waals surface area contributed by atoms with Gasteiger partial charge in [-0.25, -0.2) is 0 Å². The van der Waals surface area contributed by atoms with Gasteiger partial charge in [-0.15, -0.1) is 0 Å². The first kappa shape index (κ1) is 16.0. The van der Waals surface area contributed by atoms with Gasteiger partial charge >= 0.3 is 0 Å². The fourth-order valence-corrected chi connectivity index (χ4v) is 1.52. The molecule has 0 aliphatic rings. The zero-order valence-electron chi connectivity index (χ0n) is 11.7. The van der Waals surface area contributed by atoms with Gasteiger partial charge in [0.15, 0.2) is 12.9 Å². The number of carbonyl (C=O) groups excluding carboxylic acids is 2. The minimum atomic E-state index is -0.242. The third kappa shape index (κ3) is 5.27. The Bertz CT molecular complexity index is 447. The summed E-state index contributed by atoms with van der Waals surface area (Å²) in [7, 11) is 3.12. The van der Waals surface area contributed by atoms with Crippen LogP contribution in [0.3, 0.4) is 0 Å². The van der Waals surface area contributed by atoms with Gasteiger partial charge in [-0.3, -0.25) is 9.59 Å². The van der Waals surface area contributed by atoms with E-state index in [0.717, 1.165) is 6.42 Å². The number of amides is 1. The average molecular weight is 281 g/mol. The number of ether oxygens (including phenoxy) is 3. The molecule has 0 bridgehead atoms. The molecule has 20 heavy (non-hydrogen) atoms. The SMILES string of the molecule is COCCCNC(=O)COc1ccc(OC)cc1C=O. The minimum Gasteiger partial charge on any atom is -0.497 e. The summed E-state index contributed by atoms with van der Waals surface area (Å²) in [5, 5.41) is 2.69. The number of nitrogens with one attached hydrogen (secondary N) is 1. The molecular formula is C14H19NO5. The molecule has 6 heteroatoms. The molecule has 0 aliphatic heterocycles. The van der Waals surface area contributed by atoms with Crippen LogP contribution in [0.4, 0.5) is 0 Å². The Morgan fingerprint density at radius 1 is 1.35 bits per heavy atom. The van der Waals surface area contributed by atoms with Crippen molar-refractivity contribution >= 4 is 12.2 Å². The van der Waals surface area contributed by atoms with Crippen molar-refractivity contribution in [3.8, 4) is 11.5 Å². The maximum absolute atomic E-state index is 11.5. The van der Waals surface area contributed by atoms with Gasteiger partial charge in [-0.05, 0) is 24.6 Å². The molecule has 1 N–H and O–H groups in total. The van der Waals surface area contributed by atoms with E-state index < -0.39 is 0 Å². The molecule has 110 valence electrons. The smallest absolute Gasteiger partial charge is 0.257 e. The highest BCUT2D eigenvalue weighted by atomic mass is 16.5. The predicted octanol–water partition coefficient (Wildman–Crippen LogP) is 1.04. The first-order chi connectivity index (χ1) is 9.71. The molecule has 0 atom stereocenters. The number of methoxy groups -OCH3 is 2. The molecule has 0 aliphatic carbocycles. The molecule has 0 saturated heterocycles. The van der Waals surface area contributed by atoms with Crippen LogP contribution in [0, 0.1) is 0 Å². The highest BCUT2D eigenvalue weighted by molar-refractivity contribution is 5.81. The highest BCUT2D eigenvalue weighted by Gasteiger charge is 2.07. The number of carbonyl (C=O) groups is 2. The Kier molecular flexibility index (Phi) is 7.13. The Labute approximate surface area is 118 Å².